The number of benzene rings is 2. The zero-order valence-corrected chi connectivity index (χ0v) is 21.0. The van der Waals surface area contributed by atoms with Crippen molar-refractivity contribution in [3.63, 3.8) is 0 Å². The fraction of sp³-hybridized carbons (Fsp3) is 0.500. The van der Waals surface area contributed by atoms with Gasteiger partial charge in [0.15, 0.2) is 6.29 Å². The van der Waals surface area contributed by atoms with Crippen LogP contribution in [0.3, 0.4) is 0 Å². The predicted octanol–water partition coefficient (Wildman–Crippen LogP) is 4.35. The molecule has 0 aromatic heterocycles. The molecule has 2 aromatic carbocycles. The van der Waals surface area contributed by atoms with Crippen LogP contribution in [0.5, 0.6) is 0 Å². The summed E-state index contributed by atoms with van der Waals surface area (Å²) in [6.45, 7) is 14.8. The maximum absolute atomic E-state index is 11.9. The third-order valence-corrected chi connectivity index (χ3v) is 10.3. The average Bonchev–Trinajstić information content (AvgIpc) is 2.72. The van der Waals surface area contributed by atoms with Gasteiger partial charge in [-0.05, 0) is 43.1 Å². The molecule has 0 aliphatic heterocycles. The predicted molar refractivity (Wildman–Crippen MR) is 130 cm³/mol. The van der Waals surface area contributed by atoms with Crippen LogP contribution in [0.1, 0.15) is 48.5 Å². The molecular weight excluding hydrogens is 404 g/mol. The molecule has 0 spiro atoms. The van der Waals surface area contributed by atoms with Crippen LogP contribution in [0.2, 0.25) is 5.04 Å². The van der Waals surface area contributed by atoms with E-state index in [-0.39, 0.29) is 23.9 Å². The Bertz CT molecular complexity index is 745. The fourth-order valence-electron chi connectivity index (χ4n) is 4.05. The average molecular weight is 443 g/mol. The maximum Gasteiger partial charge on any atom is 0.261 e. The van der Waals surface area contributed by atoms with Gasteiger partial charge in [-0.3, -0.25) is 0 Å². The highest BCUT2D eigenvalue weighted by Crippen LogP contribution is 2.37. The molecule has 2 atom stereocenters. The van der Waals surface area contributed by atoms with Crippen molar-refractivity contribution >= 4 is 25.0 Å². The number of hydrogen-bond donors (Lipinski definition) is 0. The highest BCUT2D eigenvalue weighted by Gasteiger charge is 2.50. The lowest BCUT2D eigenvalue weighted by molar-refractivity contribution is -0.144. The molecule has 0 amide bonds. The van der Waals surface area contributed by atoms with Crippen LogP contribution >= 0.6 is 0 Å². The number of rotatable bonds is 11. The molecular formula is C26H38O4Si. The monoisotopic (exact) mass is 442 g/mol. The Morgan fingerprint density at radius 2 is 1.26 bits per heavy atom. The molecule has 0 saturated heterocycles. The Morgan fingerprint density at radius 3 is 1.61 bits per heavy atom. The standard InChI is InChI=1S/C26H38O4Si/c1-20(2)29-24(18-27)25(30-21(3)4)19-28-31(26(5,6)7,22-14-10-8-11-15-22)23-16-12-9-13-17-23/h8-18,20-21,24-25H,19H2,1-7H3/t24-,25-/m1/s1. The van der Waals surface area contributed by atoms with Gasteiger partial charge in [0, 0.05) is 0 Å². The summed E-state index contributed by atoms with van der Waals surface area (Å²) in [5, 5.41) is 2.25. The Kier molecular flexibility index (Phi) is 9.19. The summed E-state index contributed by atoms with van der Waals surface area (Å²) in [7, 11) is -2.71. The first kappa shape index (κ1) is 25.5. The van der Waals surface area contributed by atoms with Crippen molar-refractivity contribution < 1.29 is 18.7 Å². The molecule has 170 valence electrons. The lowest BCUT2D eigenvalue weighted by atomic mass is 10.2. The van der Waals surface area contributed by atoms with Gasteiger partial charge in [0.2, 0.25) is 0 Å². The minimum atomic E-state index is -2.71. The van der Waals surface area contributed by atoms with Crippen LogP contribution in [0.25, 0.3) is 0 Å². The van der Waals surface area contributed by atoms with Crippen LogP contribution in [-0.2, 0) is 18.7 Å². The second kappa shape index (κ2) is 11.2. The van der Waals surface area contributed by atoms with Crippen molar-refractivity contribution in [2.45, 2.75) is 77.9 Å². The van der Waals surface area contributed by atoms with Crippen LogP contribution < -0.4 is 10.4 Å². The van der Waals surface area contributed by atoms with Gasteiger partial charge in [-0.25, -0.2) is 0 Å². The minimum absolute atomic E-state index is 0.0500. The molecule has 0 aliphatic rings. The van der Waals surface area contributed by atoms with Crippen molar-refractivity contribution in [2.24, 2.45) is 0 Å². The molecule has 2 aromatic rings. The molecule has 0 N–H and O–H groups in total. The summed E-state index contributed by atoms with van der Waals surface area (Å²) < 4.78 is 19.0. The van der Waals surface area contributed by atoms with E-state index in [2.05, 4.69) is 69.3 Å². The van der Waals surface area contributed by atoms with Gasteiger partial charge in [-0.15, -0.1) is 0 Å². The van der Waals surface area contributed by atoms with Gasteiger partial charge < -0.3 is 18.7 Å². The SMILES string of the molecule is CC(C)O[C@H](C=O)[C@@H](CO[Si](c1ccccc1)(c1ccccc1)C(C)(C)C)OC(C)C. The summed E-state index contributed by atoms with van der Waals surface area (Å²) in [4.78, 5) is 11.9. The molecule has 0 aliphatic carbocycles. The third-order valence-electron chi connectivity index (χ3n) is 5.26. The van der Waals surface area contributed by atoms with Gasteiger partial charge in [0.25, 0.3) is 8.32 Å². The number of aldehydes is 1. The maximum atomic E-state index is 11.9. The van der Waals surface area contributed by atoms with Crippen molar-refractivity contribution in [1.29, 1.82) is 0 Å². The van der Waals surface area contributed by atoms with E-state index < -0.39 is 20.5 Å². The van der Waals surface area contributed by atoms with Gasteiger partial charge in [0.1, 0.15) is 12.2 Å². The summed E-state index contributed by atoms with van der Waals surface area (Å²) in [6, 6.07) is 20.9. The lowest BCUT2D eigenvalue weighted by Crippen LogP contribution is -2.67. The van der Waals surface area contributed by atoms with E-state index in [1.807, 2.05) is 39.8 Å². The smallest absolute Gasteiger partial charge is 0.261 e. The summed E-state index contributed by atoms with van der Waals surface area (Å²) in [6.07, 6.45) is -0.462. The molecule has 31 heavy (non-hydrogen) atoms. The zero-order chi connectivity index (χ0) is 23.1. The first-order chi connectivity index (χ1) is 14.6. The van der Waals surface area contributed by atoms with E-state index in [0.29, 0.717) is 0 Å². The molecule has 5 heteroatoms. The molecule has 0 saturated carbocycles. The Hall–Kier alpha value is -1.79. The number of hydrogen-bond acceptors (Lipinski definition) is 4. The van der Waals surface area contributed by atoms with Crippen LogP contribution in [0, 0.1) is 0 Å². The second-order valence-corrected chi connectivity index (χ2v) is 13.8. The topological polar surface area (TPSA) is 44.8 Å². The normalized spacial score (nSPS) is 14.6. The van der Waals surface area contributed by atoms with E-state index in [9.17, 15) is 4.79 Å². The van der Waals surface area contributed by atoms with Crippen molar-refractivity contribution in [1.82, 2.24) is 0 Å². The lowest BCUT2D eigenvalue weighted by Gasteiger charge is -2.44. The van der Waals surface area contributed by atoms with Crippen molar-refractivity contribution in [3.8, 4) is 0 Å². The Morgan fingerprint density at radius 1 is 0.806 bits per heavy atom. The van der Waals surface area contributed by atoms with E-state index in [1.165, 1.54) is 10.4 Å². The summed E-state index contributed by atoms with van der Waals surface area (Å²) >= 11 is 0. The highest BCUT2D eigenvalue weighted by molar-refractivity contribution is 6.99. The summed E-state index contributed by atoms with van der Waals surface area (Å²) in [5.74, 6) is 0. The number of ether oxygens (including phenoxy) is 2. The van der Waals surface area contributed by atoms with E-state index in [1.54, 1.807) is 0 Å². The van der Waals surface area contributed by atoms with E-state index in [0.717, 1.165) is 6.29 Å². The van der Waals surface area contributed by atoms with Crippen LogP contribution in [-0.4, -0.2) is 45.6 Å². The van der Waals surface area contributed by atoms with E-state index >= 15 is 0 Å². The third kappa shape index (κ3) is 6.36. The van der Waals surface area contributed by atoms with E-state index in [4.69, 9.17) is 13.9 Å². The second-order valence-electron chi connectivity index (χ2n) is 9.48. The summed E-state index contributed by atoms with van der Waals surface area (Å²) in [5.41, 5.74) is 0. The van der Waals surface area contributed by atoms with Crippen molar-refractivity contribution in [3.05, 3.63) is 60.7 Å². The molecule has 0 heterocycles. The van der Waals surface area contributed by atoms with Gasteiger partial charge in [-0.1, -0.05) is 81.4 Å². The molecule has 0 radical (unpaired) electrons. The highest BCUT2D eigenvalue weighted by atomic mass is 28.4. The first-order valence-electron chi connectivity index (χ1n) is 11.1. The molecule has 0 fully saturated rings. The van der Waals surface area contributed by atoms with Crippen LogP contribution in [0.15, 0.2) is 60.7 Å². The zero-order valence-electron chi connectivity index (χ0n) is 20.0. The van der Waals surface area contributed by atoms with Gasteiger partial charge >= 0.3 is 0 Å². The largest absolute Gasteiger partial charge is 0.405 e. The molecule has 0 bridgehead atoms. The molecule has 0 unspecified atom stereocenters. The van der Waals surface area contributed by atoms with Gasteiger partial charge in [0.05, 0.1) is 18.8 Å². The van der Waals surface area contributed by atoms with Gasteiger partial charge in [-0.2, -0.15) is 0 Å². The first-order valence-corrected chi connectivity index (χ1v) is 13.0. The number of carbonyl (C=O) groups excluding carboxylic acids is 1. The Balaban J connectivity index is 2.52. The number of carbonyl (C=O) groups is 1. The molecule has 2 rings (SSSR count). The molecule has 4 nitrogen and oxygen atoms in total. The van der Waals surface area contributed by atoms with Crippen molar-refractivity contribution in [2.75, 3.05) is 6.61 Å². The van der Waals surface area contributed by atoms with Crippen LogP contribution in [0.4, 0.5) is 0 Å². The quantitative estimate of drug-likeness (QED) is 0.383. The minimum Gasteiger partial charge on any atom is -0.405 e. The fourth-order valence-corrected chi connectivity index (χ4v) is 8.62. The Labute approximate surface area is 189 Å².